The van der Waals surface area contributed by atoms with Crippen LogP contribution in [0.25, 0.3) is 0 Å². The summed E-state index contributed by atoms with van der Waals surface area (Å²) in [5.74, 6) is -1.32. The fourth-order valence-corrected chi connectivity index (χ4v) is 4.88. The van der Waals surface area contributed by atoms with Crippen molar-refractivity contribution in [2.45, 2.75) is 43.8 Å². The van der Waals surface area contributed by atoms with Crippen LogP contribution in [0.3, 0.4) is 0 Å². The molecular formula is C18H24N2O6S. The fourth-order valence-electron chi connectivity index (χ4n) is 3.38. The number of nitrogens with zero attached hydrogens (tertiary/aromatic N) is 2. The number of amides is 1. The van der Waals surface area contributed by atoms with E-state index in [1.165, 1.54) is 4.31 Å². The van der Waals surface area contributed by atoms with E-state index in [4.69, 9.17) is 9.84 Å². The molecule has 8 nitrogen and oxygen atoms in total. The van der Waals surface area contributed by atoms with Crippen LogP contribution in [0.1, 0.15) is 24.0 Å². The molecule has 1 aromatic rings. The van der Waals surface area contributed by atoms with Gasteiger partial charge in [0, 0.05) is 26.2 Å². The summed E-state index contributed by atoms with van der Waals surface area (Å²) in [5.41, 5.74) is 1.94. The molecule has 2 aliphatic rings. The number of aliphatic carboxylic acids is 1. The van der Waals surface area contributed by atoms with Crippen LogP contribution in [0.4, 0.5) is 0 Å². The van der Waals surface area contributed by atoms with Gasteiger partial charge in [0.1, 0.15) is 6.10 Å². The molecule has 0 bridgehead atoms. The smallest absolute Gasteiger partial charge is 0.332 e. The summed E-state index contributed by atoms with van der Waals surface area (Å²) in [6, 6.07) is 5.06. The Morgan fingerprint density at radius 2 is 1.67 bits per heavy atom. The van der Waals surface area contributed by atoms with Crippen molar-refractivity contribution in [3.05, 3.63) is 29.3 Å². The number of sulfonamides is 1. The zero-order valence-electron chi connectivity index (χ0n) is 15.4. The van der Waals surface area contributed by atoms with Crippen LogP contribution < -0.4 is 0 Å². The van der Waals surface area contributed by atoms with Gasteiger partial charge in [0.2, 0.25) is 10.0 Å². The monoisotopic (exact) mass is 396 g/mol. The van der Waals surface area contributed by atoms with Crippen LogP contribution in [0.5, 0.6) is 0 Å². The molecule has 0 unspecified atom stereocenters. The summed E-state index contributed by atoms with van der Waals surface area (Å²) in [4.78, 5) is 25.3. The van der Waals surface area contributed by atoms with E-state index in [9.17, 15) is 18.0 Å². The molecule has 9 heteroatoms. The van der Waals surface area contributed by atoms with Crippen molar-refractivity contribution in [2.24, 2.45) is 0 Å². The molecule has 0 aliphatic carbocycles. The minimum atomic E-state index is -3.60. The van der Waals surface area contributed by atoms with Crippen LogP contribution in [-0.4, -0.2) is 73.0 Å². The van der Waals surface area contributed by atoms with Crippen molar-refractivity contribution in [1.82, 2.24) is 9.21 Å². The van der Waals surface area contributed by atoms with Crippen LogP contribution in [-0.2, 0) is 24.3 Å². The van der Waals surface area contributed by atoms with E-state index in [1.54, 1.807) is 23.1 Å². The van der Waals surface area contributed by atoms with E-state index < -0.39 is 28.2 Å². The standard InChI is InChI=1S/C18H24N2O6S/c1-12-3-4-14(11-13(12)2)27(24,25)20-9-7-19(8-10-20)17(21)15-5-6-16(26-15)18(22)23/h3-4,11,15-16H,5-10H2,1-2H3,(H,22,23)/t15-,16+/m0/s1. The largest absolute Gasteiger partial charge is 0.479 e. The minimum Gasteiger partial charge on any atom is -0.479 e. The molecule has 0 saturated carbocycles. The van der Waals surface area contributed by atoms with Gasteiger partial charge in [-0.15, -0.1) is 0 Å². The summed E-state index contributed by atoms with van der Waals surface area (Å²) in [6.07, 6.45) is -1.01. The molecule has 148 valence electrons. The third kappa shape index (κ3) is 3.99. The summed E-state index contributed by atoms with van der Waals surface area (Å²) >= 11 is 0. The number of carboxylic acid groups (broad SMARTS) is 1. The van der Waals surface area contributed by atoms with Crippen molar-refractivity contribution in [3.63, 3.8) is 0 Å². The number of hydrogen-bond acceptors (Lipinski definition) is 5. The Balaban J connectivity index is 1.62. The molecule has 1 amide bonds. The molecule has 1 aromatic carbocycles. The average Bonchev–Trinajstić information content (AvgIpc) is 3.14. The number of benzene rings is 1. The van der Waals surface area contributed by atoms with Gasteiger partial charge in [-0.1, -0.05) is 6.07 Å². The van der Waals surface area contributed by atoms with Crippen molar-refractivity contribution >= 4 is 21.9 Å². The van der Waals surface area contributed by atoms with Crippen molar-refractivity contribution in [3.8, 4) is 0 Å². The Morgan fingerprint density at radius 3 is 2.22 bits per heavy atom. The van der Waals surface area contributed by atoms with Gasteiger partial charge < -0.3 is 14.7 Å². The molecule has 2 aliphatic heterocycles. The van der Waals surface area contributed by atoms with E-state index >= 15 is 0 Å². The lowest BCUT2D eigenvalue weighted by atomic mass is 10.1. The number of aryl methyl sites for hydroxylation is 2. The molecule has 0 aromatic heterocycles. The van der Waals surface area contributed by atoms with E-state index in [0.29, 0.717) is 12.8 Å². The molecule has 3 rings (SSSR count). The molecule has 1 N–H and O–H groups in total. The average molecular weight is 396 g/mol. The predicted molar refractivity (Wildman–Crippen MR) is 96.8 cm³/mol. The molecule has 2 saturated heterocycles. The Bertz CT molecular complexity index is 845. The van der Waals surface area contributed by atoms with Crippen LogP contribution in [0.15, 0.2) is 23.1 Å². The molecule has 0 radical (unpaired) electrons. The quantitative estimate of drug-likeness (QED) is 0.806. The summed E-state index contributed by atoms with van der Waals surface area (Å²) in [7, 11) is -3.60. The normalized spacial score (nSPS) is 24.1. The second kappa shape index (κ2) is 7.57. The summed E-state index contributed by atoms with van der Waals surface area (Å²) in [5, 5.41) is 8.97. The van der Waals surface area contributed by atoms with Gasteiger partial charge in [0.15, 0.2) is 6.10 Å². The maximum absolute atomic E-state index is 12.8. The van der Waals surface area contributed by atoms with Crippen molar-refractivity contribution < 1.29 is 27.9 Å². The first-order valence-electron chi connectivity index (χ1n) is 8.94. The summed E-state index contributed by atoms with van der Waals surface area (Å²) < 4.78 is 32.4. The third-order valence-electron chi connectivity index (χ3n) is 5.24. The van der Waals surface area contributed by atoms with Gasteiger partial charge in [-0.05, 0) is 49.9 Å². The number of carbonyl (C=O) groups is 2. The zero-order valence-corrected chi connectivity index (χ0v) is 16.2. The first-order chi connectivity index (χ1) is 12.7. The first kappa shape index (κ1) is 19.8. The van der Waals surface area contributed by atoms with Crippen LogP contribution in [0.2, 0.25) is 0 Å². The Morgan fingerprint density at radius 1 is 1.04 bits per heavy atom. The minimum absolute atomic E-state index is 0.204. The second-order valence-electron chi connectivity index (χ2n) is 7.00. The Labute approximate surface area is 158 Å². The lowest BCUT2D eigenvalue weighted by molar-refractivity contribution is -0.155. The number of ether oxygens (including phenoxy) is 1. The predicted octanol–water partition coefficient (Wildman–Crippen LogP) is 0.769. The van der Waals surface area contributed by atoms with Crippen molar-refractivity contribution in [2.75, 3.05) is 26.2 Å². The first-order valence-corrected chi connectivity index (χ1v) is 10.4. The highest BCUT2D eigenvalue weighted by Crippen LogP contribution is 2.24. The number of carbonyl (C=O) groups excluding carboxylic acids is 1. The lowest BCUT2D eigenvalue weighted by Crippen LogP contribution is -2.52. The van der Waals surface area contributed by atoms with Gasteiger partial charge in [-0.3, -0.25) is 4.79 Å². The van der Waals surface area contributed by atoms with Crippen LogP contribution in [0, 0.1) is 13.8 Å². The number of rotatable bonds is 4. The van der Waals surface area contributed by atoms with E-state index in [1.807, 2.05) is 13.8 Å². The van der Waals surface area contributed by atoms with Gasteiger partial charge >= 0.3 is 5.97 Å². The second-order valence-corrected chi connectivity index (χ2v) is 8.94. The number of hydrogen-bond donors (Lipinski definition) is 1. The fraction of sp³-hybridized carbons (Fsp3) is 0.556. The van der Waals surface area contributed by atoms with Gasteiger partial charge in [-0.25, -0.2) is 13.2 Å². The maximum atomic E-state index is 12.8. The molecule has 2 fully saturated rings. The van der Waals surface area contributed by atoms with Gasteiger partial charge in [0.05, 0.1) is 4.90 Å². The number of piperazine rings is 1. The van der Waals surface area contributed by atoms with Crippen LogP contribution >= 0.6 is 0 Å². The van der Waals surface area contributed by atoms with Gasteiger partial charge in [0.25, 0.3) is 5.91 Å². The lowest BCUT2D eigenvalue weighted by Gasteiger charge is -2.35. The molecule has 2 atom stereocenters. The molecule has 0 spiro atoms. The van der Waals surface area contributed by atoms with E-state index in [-0.39, 0.29) is 37.0 Å². The zero-order chi connectivity index (χ0) is 19.8. The Hall–Kier alpha value is -1.97. The van der Waals surface area contributed by atoms with Crippen molar-refractivity contribution in [1.29, 1.82) is 0 Å². The maximum Gasteiger partial charge on any atom is 0.332 e. The molecule has 2 heterocycles. The third-order valence-corrected chi connectivity index (χ3v) is 7.13. The van der Waals surface area contributed by atoms with Gasteiger partial charge in [-0.2, -0.15) is 4.31 Å². The summed E-state index contributed by atoms with van der Waals surface area (Å²) in [6.45, 7) is 4.74. The SMILES string of the molecule is Cc1ccc(S(=O)(=O)N2CCN(C(=O)[C@@H]3CC[C@H](C(=O)O)O3)CC2)cc1C. The molecular weight excluding hydrogens is 372 g/mol. The molecule has 27 heavy (non-hydrogen) atoms. The highest BCUT2D eigenvalue weighted by molar-refractivity contribution is 7.89. The highest BCUT2D eigenvalue weighted by Gasteiger charge is 2.38. The Kier molecular flexibility index (Phi) is 5.55. The number of carboxylic acids is 1. The highest BCUT2D eigenvalue weighted by atomic mass is 32.2. The van der Waals surface area contributed by atoms with E-state index in [0.717, 1.165) is 11.1 Å². The van der Waals surface area contributed by atoms with E-state index in [2.05, 4.69) is 0 Å². The topological polar surface area (TPSA) is 104 Å².